The van der Waals surface area contributed by atoms with Crippen molar-refractivity contribution in [1.29, 1.82) is 0 Å². The molecule has 1 aromatic carbocycles. The van der Waals surface area contributed by atoms with Crippen molar-refractivity contribution in [3.05, 3.63) is 29.8 Å². The molecule has 0 aliphatic carbocycles. The lowest BCUT2D eigenvalue weighted by molar-refractivity contribution is 0.496. The average Bonchev–Trinajstić information content (AvgIpc) is 2.26. The van der Waals surface area contributed by atoms with Crippen LogP contribution in [0.4, 0.5) is 5.69 Å². The van der Waals surface area contributed by atoms with Crippen molar-refractivity contribution >= 4 is 5.69 Å². The summed E-state index contributed by atoms with van der Waals surface area (Å²) in [5, 5.41) is 3.53. The first kappa shape index (κ1) is 13.0. The molecule has 0 heterocycles. The summed E-state index contributed by atoms with van der Waals surface area (Å²) in [5.74, 6) is 0.698. The zero-order chi connectivity index (χ0) is 12.1. The molecule has 1 unspecified atom stereocenters. The predicted octanol–water partition coefficient (Wildman–Crippen LogP) is 3.06. The molecule has 1 rings (SSSR count). The lowest BCUT2D eigenvalue weighted by atomic mass is 10.1. The minimum Gasteiger partial charge on any atom is -0.378 e. The van der Waals surface area contributed by atoms with Gasteiger partial charge in [-0.2, -0.15) is 0 Å². The minimum atomic E-state index is 0.429. The van der Waals surface area contributed by atoms with Gasteiger partial charge in [0, 0.05) is 25.8 Å². The fourth-order valence-corrected chi connectivity index (χ4v) is 1.59. The summed E-state index contributed by atoms with van der Waals surface area (Å²) in [5.41, 5.74) is 2.60. The van der Waals surface area contributed by atoms with Crippen LogP contribution in [0, 0.1) is 5.92 Å². The second kappa shape index (κ2) is 5.90. The highest BCUT2D eigenvalue weighted by Crippen LogP contribution is 2.17. The van der Waals surface area contributed by atoms with E-state index >= 15 is 0 Å². The van der Waals surface area contributed by atoms with Gasteiger partial charge in [0.2, 0.25) is 0 Å². The first-order chi connectivity index (χ1) is 7.50. The summed E-state index contributed by atoms with van der Waals surface area (Å²) in [6.45, 7) is 7.74. The van der Waals surface area contributed by atoms with Crippen LogP contribution in [-0.2, 0) is 0 Å². The van der Waals surface area contributed by atoms with Gasteiger partial charge in [0.25, 0.3) is 0 Å². The average molecular weight is 220 g/mol. The van der Waals surface area contributed by atoms with Crippen LogP contribution < -0.4 is 10.2 Å². The molecule has 1 N–H and O–H groups in total. The van der Waals surface area contributed by atoms with Gasteiger partial charge in [0.1, 0.15) is 0 Å². The maximum atomic E-state index is 3.53. The number of anilines is 1. The zero-order valence-electron chi connectivity index (χ0n) is 11.1. The Morgan fingerprint density at radius 1 is 1.06 bits per heavy atom. The Kier molecular flexibility index (Phi) is 4.81. The summed E-state index contributed by atoms with van der Waals surface area (Å²) in [4.78, 5) is 2.12. The number of benzene rings is 1. The Bertz CT molecular complexity index is 301. The van der Waals surface area contributed by atoms with Gasteiger partial charge in [-0.3, -0.25) is 0 Å². The third-order valence-electron chi connectivity index (χ3n) is 2.74. The molecule has 0 amide bonds. The molecule has 0 radical (unpaired) electrons. The quantitative estimate of drug-likeness (QED) is 0.820. The summed E-state index contributed by atoms with van der Waals surface area (Å²) < 4.78 is 0. The number of hydrogen-bond donors (Lipinski definition) is 1. The van der Waals surface area contributed by atoms with E-state index in [1.54, 1.807) is 0 Å². The molecule has 0 bridgehead atoms. The van der Waals surface area contributed by atoms with Crippen molar-refractivity contribution in [1.82, 2.24) is 5.32 Å². The largest absolute Gasteiger partial charge is 0.378 e. The minimum absolute atomic E-state index is 0.429. The monoisotopic (exact) mass is 220 g/mol. The van der Waals surface area contributed by atoms with Gasteiger partial charge in [0.15, 0.2) is 0 Å². The lowest BCUT2D eigenvalue weighted by Gasteiger charge is -2.18. The van der Waals surface area contributed by atoms with Gasteiger partial charge in [0.05, 0.1) is 0 Å². The Morgan fingerprint density at radius 2 is 1.62 bits per heavy atom. The number of hydrogen-bond acceptors (Lipinski definition) is 2. The van der Waals surface area contributed by atoms with E-state index in [-0.39, 0.29) is 0 Å². The van der Waals surface area contributed by atoms with E-state index in [2.05, 4.69) is 69.3 Å². The predicted molar refractivity (Wildman–Crippen MR) is 72.0 cm³/mol. The Hall–Kier alpha value is -1.02. The van der Waals surface area contributed by atoms with Crippen LogP contribution in [0.1, 0.15) is 32.4 Å². The van der Waals surface area contributed by atoms with Gasteiger partial charge < -0.3 is 10.2 Å². The van der Waals surface area contributed by atoms with E-state index in [4.69, 9.17) is 0 Å². The van der Waals surface area contributed by atoms with E-state index in [0.29, 0.717) is 12.0 Å². The number of nitrogens with zero attached hydrogens (tertiary/aromatic N) is 1. The molecule has 0 saturated heterocycles. The highest BCUT2D eigenvalue weighted by Gasteiger charge is 2.05. The topological polar surface area (TPSA) is 15.3 Å². The van der Waals surface area contributed by atoms with E-state index in [0.717, 1.165) is 6.54 Å². The summed E-state index contributed by atoms with van der Waals surface area (Å²) in [6.07, 6.45) is 0. The van der Waals surface area contributed by atoms with Crippen LogP contribution >= 0.6 is 0 Å². The second-order valence-corrected chi connectivity index (χ2v) is 5.01. The summed E-state index contributed by atoms with van der Waals surface area (Å²) in [6, 6.07) is 9.17. The van der Waals surface area contributed by atoms with Gasteiger partial charge in [-0.05, 0) is 37.1 Å². The SMILES string of the molecule is CC(C)CNC(C)c1ccc(N(C)C)cc1. The van der Waals surface area contributed by atoms with E-state index in [1.165, 1.54) is 11.3 Å². The molecule has 0 fully saturated rings. The summed E-state index contributed by atoms with van der Waals surface area (Å²) >= 11 is 0. The molecule has 1 atom stereocenters. The number of nitrogens with one attached hydrogen (secondary N) is 1. The molecule has 0 saturated carbocycles. The maximum absolute atomic E-state index is 3.53. The molecule has 2 nitrogen and oxygen atoms in total. The lowest BCUT2D eigenvalue weighted by Crippen LogP contribution is -2.23. The number of rotatable bonds is 5. The van der Waals surface area contributed by atoms with Crippen molar-refractivity contribution in [3.8, 4) is 0 Å². The van der Waals surface area contributed by atoms with Gasteiger partial charge >= 0.3 is 0 Å². The van der Waals surface area contributed by atoms with Crippen molar-refractivity contribution in [2.45, 2.75) is 26.8 Å². The van der Waals surface area contributed by atoms with Gasteiger partial charge in [-0.15, -0.1) is 0 Å². The molecule has 0 spiro atoms. The van der Waals surface area contributed by atoms with Crippen LogP contribution in [0.3, 0.4) is 0 Å². The van der Waals surface area contributed by atoms with Crippen LogP contribution in [0.15, 0.2) is 24.3 Å². The fraction of sp³-hybridized carbons (Fsp3) is 0.571. The van der Waals surface area contributed by atoms with E-state index in [1.807, 2.05) is 0 Å². The highest BCUT2D eigenvalue weighted by atomic mass is 15.1. The summed E-state index contributed by atoms with van der Waals surface area (Å²) in [7, 11) is 4.13. The molecule has 2 heteroatoms. The van der Waals surface area contributed by atoms with Gasteiger partial charge in [-0.25, -0.2) is 0 Å². The zero-order valence-corrected chi connectivity index (χ0v) is 11.1. The standard InChI is InChI=1S/C14H24N2/c1-11(2)10-15-12(3)13-6-8-14(9-7-13)16(4)5/h6-9,11-12,15H,10H2,1-5H3. The van der Waals surface area contributed by atoms with Crippen molar-refractivity contribution in [3.63, 3.8) is 0 Å². The first-order valence-corrected chi connectivity index (χ1v) is 6.01. The Balaban J connectivity index is 2.59. The third-order valence-corrected chi connectivity index (χ3v) is 2.74. The second-order valence-electron chi connectivity index (χ2n) is 5.01. The van der Waals surface area contributed by atoms with Crippen molar-refractivity contribution < 1.29 is 0 Å². The first-order valence-electron chi connectivity index (χ1n) is 6.01. The normalized spacial score (nSPS) is 12.9. The van der Waals surface area contributed by atoms with Gasteiger partial charge in [-0.1, -0.05) is 26.0 Å². The van der Waals surface area contributed by atoms with Crippen LogP contribution in [0.25, 0.3) is 0 Å². The molecule has 0 aliphatic rings. The molecule has 1 aromatic rings. The molecule has 16 heavy (non-hydrogen) atoms. The third kappa shape index (κ3) is 3.86. The fourth-order valence-electron chi connectivity index (χ4n) is 1.59. The molecule has 0 aliphatic heterocycles. The molecule has 90 valence electrons. The Labute approximate surface area is 99.7 Å². The molecular weight excluding hydrogens is 196 g/mol. The van der Waals surface area contributed by atoms with Crippen molar-refractivity contribution in [2.24, 2.45) is 5.92 Å². The maximum Gasteiger partial charge on any atom is 0.0361 e. The van der Waals surface area contributed by atoms with Crippen LogP contribution in [0.2, 0.25) is 0 Å². The molecule has 0 aromatic heterocycles. The molecular formula is C14H24N2. The Morgan fingerprint density at radius 3 is 2.06 bits per heavy atom. The van der Waals surface area contributed by atoms with E-state index < -0.39 is 0 Å². The van der Waals surface area contributed by atoms with Crippen LogP contribution in [0.5, 0.6) is 0 Å². The van der Waals surface area contributed by atoms with Crippen LogP contribution in [-0.4, -0.2) is 20.6 Å². The highest BCUT2D eigenvalue weighted by molar-refractivity contribution is 5.46. The van der Waals surface area contributed by atoms with E-state index in [9.17, 15) is 0 Å². The smallest absolute Gasteiger partial charge is 0.0361 e. The van der Waals surface area contributed by atoms with Crippen molar-refractivity contribution in [2.75, 3.05) is 25.5 Å².